The Morgan fingerprint density at radius 3 is 2.47 bits per heavy atom. The number of hydrogen-bond donors (Lipinski definition) is 3. The molecule has 0 aliphatic rings. The molecule has 102 valence electrons. The van der Waals surface area contributed by atoms with Crippen molar-refractivity contribution in [2.24, 2.45) is 5.92 Å². The summed E-state index contributed by atoms with van der Waals surface area (Å²) in [6, 6.07) is 0. The maximum atomic E-state index is 11.3. The summed E-state index contributed by atoms with van der Waals surface area (Å²) >= 11 is 0. The molecule has 0 aromatic heterocycles. The number of nitrogens with one attached hydrogen (secondary N) is 2. The van der Waals surface area contributed by atoms with Gasteiger partial charge in [0.15, 0.2) is 0 Å². The van der Waals surface area contributed by atoms with Crippen LogP contribution in [0.2, 0.25) is 0 Å². The van der Waals surface area contributed by atoms with Gasteiger partial charge >= 0.3 is 0 Å². The molecule has 0 aromatic rings. The van der Waals surface area contributed by atoms with Crippen LogP contribution in [0.25, 0.3) is 0 Å². The molecule has 4 nitrogen and oxygen atoms in total. The molecule has 0 aliphatic heterocycles. The van der Waals surface area contributed by atoms with Gasteiger partial charge in [-0.05, 0) is 25.3 Å². The molecule has 4 heteroatoms. The highest BCUT2D eigenvalue weighted by molar-refractivity contribution is 5.76. The Hall–Kier alpha value is -0.610. The summed E-state index contributed by atoms with van der Waals surface area (Å²) in [6.07, 6.45) is 4.81. The number of unbranched alkanes of at least 4 members (excludes halogenated alkanes) is 3. The molecule has 0 saturated heterocycles. The first-order valence-corrected chi connectivity index (χ1v) is 6.75. The minimum atomic E-state index is 0.131. The van der Waals surface area contributed by atoms with E-state index in [2.05, 4.69) is 24.5 Å². The SMILES string of the molecule is CC(C)CNC(=O)CCNCCCCCCO. The number of carbonyl (C=O) groups is 1. The van der Waals surface area contributed by atoms with Crippen LogP contribution >= 0.6 is 0 Å². The van der Waals surface area contributed by atoms with Crippen molar-refractivity contribution in [1.82, 2.24) is 10.6 Å². The summed E-state index contributed by atoms with van der Waals surface area (Å²) in [6.45, 7) is 6.95. The van der Waals surface area contributed by atoms with Crippen molar-refractivity contribution in [2.45, 2.75) is 46.0 Å². The molecule has 0 atom stereocenters. The molecule has 0 aliphatic carbocycles. The van der Waals surface area contributed by atoms with Crippen molar-refractivity contribution in [3.05, 3.63) is 0 Å². The van der Waals surface area contributed by atoms with Crippen molar-refractivity contribution in [2.75, 3.05) is 26.2 Å². The van der Waals surface area contributed by atoms with E-state index in [9.17, 15) is 4.79 Å². The van der Waals surface area contributed by atoms with E-state index in [1.807, 2.05) is 0 Å². The van der Waals surface area contributed by atoms with E-state index >= 15 is 0 Å². The Morgan fingerprint density at radius 1 is 1.12 bits per heavy atom. The molecule has 0 spiro atoms. The fraction of sp³-hybridized carbons (Fsp3) is 0.923. The lowest BCUT2D eigenvalue weighted by Gasteiger charge is -2.08. The van der Waals surface area contributed by atoms with Crippen LogP contribution in [0.3, 0.4) is 0 Å². The number of amides is 1. The Labute approximate surface area is 105 Å². The molecule has 1 amide bonds. The summed E-state index contributed by atoms with van der Waals surface area (Å²) in [5.41, 5.74) is 0. The third kappa shape index (κ3) is 13.3. The van der Waals surface area contributed by atoms with Crippen molar-refractivity contribution < 1.29 is 9.90 Å². The van der Waals surface area contributed by atoms with Gasteiger partial charge in [-0.1, -0.05) is 26.7 Å². The van der Waals surface area contributed by atoms with Crippen LogP contribution in [0.4, 0.5) is 0 Å². The number of carbonyl (C=O) groups excluding carboxylic acids is 1. The van der Waals surface area contributed by atoms with E-state index in [1.54, 1.807) is 0 Å². The molecule has 17 heavy (non-hydrogen) atoms. The second kappa shape index (κ2) is 11.9. The molecule has 0 saturated carbocycles. The number of rotatable bonds is 11. The van der Waals surface area contributed by atoms with Gasteiger partial charge in [-0.3, -0.25) is 4.79 Å². The summed E-state index contributed by atoms with van der Waals surface area (Å²) in [4.78, 5) is 11.3. The third-order valence-corrected chi connectivity index (χ3v) is 2.50. The third-order valence-electron chi connectivity index (χ3n) is 2.50. The first kappa shape index (κ1) is 16.4. The quantitative estimate of drug-likeness (QED) is 0.480. The van der Waals surface area contributed by atoms with E-state index in [1.165, 1.54) is 0 Å². The zero-order valence-corrected chi connectivity index (χ0v) is 11.3. The summed E-state index contributed by atoms with van der Waals surface area (Å²) in [5.74, 6) is 0.643. The predicted molar refractivity (Wildman–Crippen MR) is 70.9 cm³/mol. The first-order valence-electron chi connectivity index (χ1n) is 6.75. The van der Waals surface area contributed by atoms with Crippen LogP contribution in [-0.2, 0) is 4.79 Å². The lowest BCUT2D eigenvalue weighted by Crippen LogP contribution is -2.30. The minimum Gasteiger partial charge on any atom is -0.396 e. The van der Waals surface area contributed by atoms with Gasteiger partial charge in [0, 0.05) is 26.1 Å². The summed E-state index contributed by atoms with van der Waals surface area (Å²) < 4.78 is 0. The highest BCUT2D eigenvalue weighted by atomic mass is 16.2. The van der Waals surface area contributed by atoms with Gasteiger partial charge in [-0.25, -0.2) is 0 Å². The molecular formula is C13H28N2O2. The largest absolute Gasteiger partial charge is 0.396 e. The van der Waals surface area contributed by atoms with Gasteiger partial charge in [0.25, 0.3) is 0 Å². The van der Waals surface area contributed by atoms with Gasteiger partial charge in [0.05, 0.1) is 0 Å². The molecule has 0 heterocycles. The second-order valence-corrected chi connectivity index (χ2v) is 4.84. The average molecular weight is 244 g/mol. The lowest BCUT2D eigenvalue weighted by molar-refractivity contribution is -0.121. The Bertz CT molecular complexity index is 184. The van der Waals surface area contributed by atoms with Gasteiger partial charge in [-0.2, -0.15) is 0 Å². The van der Waals surface area contributed by atoms with E-state index in [4.69, 9.17) is 5.11 Å². The Kier molecular flexibility index (Phi) is 11.4. The van der Waals surface area contributed by atoms with Crippen LogP contribution in [0.15, 0.2) is 0 Å². The molecule has 3 N–H and O–H groups in total. The van der Waals surface area contributed by atoms with Gasteiger partial charge in [0.2, 0.25) is 5.91 Å². The van der Waals surface area contributed by atoms with Crippen LogP contribution in [-0.4, -0.2) is 37.3 Å². The van der Waals surface area contributed by atoms with E-state index in [0.717, 1.165) is 45.3 Å². The zero-order valence-electron chi connectivity index (χ0n) is 11.3. The van der Waals surface area contributed by atoms with E-state index < -0.39 is 0 Å². The topological polar surface area (TPSA) is 61.4 Å². The molecule has 0 rings (SSSR count). The molecular weight excluding hydrogens is 216 g/mol. The zero-order chi connectivity index (χ0) is 12.9. The molecule has 0 radical (unpaired) electrons. The fourth-order valence-electron chi connectivity index (χ4n) is 1.45. The van der Waals surface area contributed by atoms with Crippen molar-refractivity contribution in [3.63, 3.8) is 0 Å². The van der Waals surface area contributed by atoms with E-state index in [-0.39, 0.29) is 5.91 Å². The fourth-order valence-corrected chi connectivity index (χ4v) is 1.45. The average Bonchev–Trinajstić information content (AvgIpc) is 2.30. The van der Waals surface area contributed by atoms with Crippen LogP contribution in [0, 0.1) is 5.92 Å². The minimum absolute atomic E-state index is 0.131. The maximum absolute atomic E-state index is 11.3. The molecule has 0 unspecified atom stereocenters. The van der Waals surface area contributed by atoms with E-state index in [0.29, 0.717) is 18.9 Å². The van der Waals surface area contributed by atoms with Crippen molar-refractivity contribution >= 4 is 5.91 Å². The number of aliphatic hydroxyl groups excluding tert-OH is 1. The number of hydrogen-bond acceptors (Lipinski definition) is 3. The number of aliphatic hydroxyl groups is 1. The van der Waals surface area contributed by atoms with Crippen molar-refractivity contribution in [3.8, 4) is 0 Å². The summed E-state index contributed by atoms with van der Waals surface area (Å²) in [7, 11) is 0. The molecule has 0 bridgehead atoms. The smallest absolute Gasteiger partial charge is 0.221 e. The Balaban J connectivity index is 3.14. The Morgan fingerprint density at radius 2 is 1.82 bits per heavy atom. The molecule has 0 fully saturated rings. The summed E-state index contributed by atoms with van der Waals surface area (Å²) in [5, 5.41) is 14.7. The van der Waals surface area contributed by atoms with Gasteiger partial charge in [-0.15, -0.1) is 0 Å². The van der Waals surface area contributed by atoms with Crippen LogP contribution in [0.1, 0.15) is 46.0 Å². The van der Waals surface area contributed by atoms with Gasteiger partial charge in [0.1, 0.15) is 0 Å². The maximum Gasteiger partial charge on any atom is 0.221 e. The van der Waals surface area contributed by atoms with Gasteiger partial charge < -0.3 is 15.7 Å². The lowest BCUT2D eigenvalue weighted by atomic mass is 10.2. The molecule has 0 aromatic carbocycles. The van der Waals surface area contributed by atoms with Crippen molar-refractivity contribution in [1.29, 1.82) is 0 Å². The highest BCUT2D eigenvalue weighted by Gasteiger charge is 2.01. The normalized spacial score (nSPS) is 10.8. The second-order valence-electron chi connectivity index (χ2n) is 4.84. The van der Waals surface area contributed by atoms with Crippen LogP contribution < -0.4 is 10.6 Å². The standard InChI is InChI=1S/C13H28N2O2/c1-12(2)11-15-13(17)7-9-14-8-5-3-4-6-10-16/h12,14,16H,3-11H2,1-2H3,(H,15,17). The monoisotopic (exact) mass is 244 g/mol. The first-order chi connectivity index (χ1) is 8.16. The predicted octanol–water partition coefficient (Wildman–Crippen LogP) is 1.29. The van der Waals surface area contributed by atoms with Crippen LogP contribution in [0.5, 0.6) is 0 Å². The highest BCUT2D eigenvalue weighted by Crippen LogP contribution is 1.97.